The van der Waals surface area contributed by atoms with Crippen molar-refractivity contribution >= 4 is 18.3 Å². The Bertz CT molecular complexity index is 540. The van der Waals surface area contributed by atoms with Crippen LogP contribution >= 0.6 is 12.4 Å². The van der Waals surface area contributed by atoms with Crippen molar-refractivity contribution in [2.75, 3.05) is 0 Å². The molecule has 2 aliphatic rings. The highest BCUT2D eigenvalue weighted by Crippen LogP contribution is 2.39. The van der Waals surface area contributed by atoms with Crippen molar-refractivity contribution in [2.45, 2.75) is 57.2 Å². The molecule has 3 N–H and O–H groups in total. The standard InChI is InChI=1S/C18H25FN2O2.ClH/c1-11(23-16-7-5-14(19)6-8-16)18(22)21-17-12-3-2-4-13(17)10-15(20)9-12;/h5-8,11-13,15,17H,2-4,9-10,20H2,1H3,(H,21,22);1H. The van der Waals surface area contributed by atoms with Gasteiger partial charge in [-0.05, 0) is 68.7 Å². The van der Waals surface area contributed by atoms with Gasteiger partial charge in [-0.3, -0.25) is 4.79 Å². The number of hydrogen-bond donors (Lipinski definition) is 2. The van der Waals surface area contributed by atoms with Gasteiger partial charge in [0, 0.05) is 12.1 Å². The number of rotatable bonds is 4. The second-order valence-corrected chi connectivity index (χ2v) is 6.93. The number of nitrogens with two attached hydrogens (primary N) is 1. The number of nitrogens with one attached hydrogen (secondary N) is 1. The van der Waals surface area contributed by atoms with E-state index in [1.165, 1.54) is 30.7 Å². The molecule has 0 aromatic heterocycles. The molecular formula is C18H26ClFN2O2. The van der Waals surface area contributed by atoms with Crippen LogP contribution in [0, 0.1) is 17.7 Å². The first kappa shape index (κ1) is 19.0. The summed E-state index contributed by atoms with van der Waals surface area (Å²) in [7, 11) is 0. The Balaban J connectivity index is 0.00000208. The van der Waals surface area contributed by atoms with Crippen LogP contribution in [0.1, 0.15) is 39.0 Å². The molecule has 0 aliphatic heterocycles. The predicted molar refractivity (Wildman–Crippen MR) is 93.7 cm³/mol. The lowest BCUT2D eigenvalue weighted by Gasteiger charge is -2.45. The fourth-order valence-corrected chi connectivity index (χ4v) is 4.08. The maximum absolute atomic E-state index is 12.9. The van der Waals surface area contributed by atoms with Gasteiger partial charge < -0.3 is 15.8 Å². The van der Waals surface area contributed by atoms with Crippen LogP contribution in [0.2, 0.25) is 0 Å². The van der Waals surface area contributed by atoms with Gasteiger partial charge in [-0.2, -0.15) is 0 Å². The zero-order valence-electron chi connectivity index (χ0n) is 13.9. The van der Waals surface area contributed by atoms with Crippen LogP contribution in [0.25, 0.3) is 0 Å². The largest absolute Gasteiger partial charge is 0.481 e. The van der Waals surface area contributed by atoms with Crippen molar-refractivity contribution < 1.29 is 13.9 Å². The van der Waals surface area contributed by atoms with E-state index in [1.54, 1.807) is 6.92 Å². The van der Waals surface area contributed by atoms with Gasteiger partial charge in [0.1, 0.15) is 11.6 Å². The minimum atomic E-state index is -0.600. The highest BCUT2D eigenvalue weighted by Gasteiger charge is 2.40. The Morgan fingerprint density at radius 1 is 1.25 bits per heavy atom. The lowest BCUT2D eigenvalue weighted by Crippen LogP contribution is -2.55. The van der Waals surface area contributed by atoms with E-state index >= 15 is 0 Å². The van der Waals surface area contributed by atoms with E-state index < -0.39 is 6.10 Å². The van der Waals surface area contributed by atoms with Crippen molar-refractivity contribution in [1.82, 2.24) is 5.32 Å². The average molecular weight is 357 g/mol. The van der Waals surface area contributed by atoms with E-state index in [2.05, 4.69) is 5.32 Å². The fraction of sp³-hybridized carbons (Fsp3) is 0.611. The monoisotopic (exact) mass is 356 g/mol. The summed E-state index contributed by atoms with van der Waals surface area (Å²) in [4.78, 5) is 12.5. The molecule has 1 aromatic rings. The number of ether oxygens (including phenoxy) is 1. The van der Waals surface area contributed by atoms with Crippen LogP contribution in [0.5, 0.6) is 5.75 Å². The average Bonchev–Trinajstić information content (AvgIpc) is 2.50. The quantitative estimate of drug-likeness (QED) is 0.871. The first-order chi connectivity index (χ1) is 11.0. The summed E-state index contributed by atoms with van der Waals surface area (Å²) in [6, 6.07) is 6.21. The maximum atomic E-state index is 12.9. The van der Waals surface area contributed by atoms with Crippen molar-refractivity contribution in [3.63, 3.8) is 0 Å². The van der Waals surface area contributed by atoms with Crippen molar-refractivity contribution in [3.05, 3.63) is 30.1 Å². The highest BCUT2D eigenvalue weighted by molar-refractivity contribution is 5.85. The van der Waals surface area contributed by atoms with E-state index in [0.29, 0.717) is 17.6 Å². The third-order valence-corrected chi connectivity index (χ3v) is 5.18. The summed E-state index contributed by atoms with van der Waals surface area (Å²) >= 11 is 0. The summed E-state index contributed by atoms with van der Waals surface area (Å²) in [6.45, 7) is 1.73. The number of benzene rings is 1. The van der Waals surface area contributed by atoms with Crippen LogP contribution < -0.4 is 15.8 Å². The number of hydrogen-bond acceptors (Lipinski definition) is 3. The van der Waals surface area contributed by atoms with E-state index in [-0.39, 0.29) is 36.2 Å². The second-order valence-electron chi connectivity index (χ2n) is 6.93. The molecule has 6 heteroatoms. The Kier molecular flexibility index (Phi) is 6.47. The van der Waals surface area contributed by atoms with Gasteiger partial charge >= 0.3 is 0 Å². The molecule has 2 aliphatic carbocycles. The van der Waals surface area contributed by atoms with Crippen LogP contribution in [0.4, 0.5) is 4.39 Å². The Labute approximate surface area is 148 Å². The number of fused-ring (bicyclic) bond motifs is 2. The van der Waals surface area contributed by atoms with Gasteiger partial charge in [-0.1, -0.05) is 6.42 Å². The van der Waals surface area contributed by atoms with Gasteiger partial charge in [0.15, 0.2) is 6.10 Å². The molecule has 3 atom stereocenters. The first-order valence-corrected chi connectivity index (χ1v) is 8.51. The second kappa shape index (κ2) is 8.17. The summed E-state index contributed by atoms with van der Waals surface area (Å²) in [5.41, 5.74) is 6.12. The minimum Gasteiger partial charge on any atom is -0.481 e. The predicted octanol–water partition coefficient (Wildman–Crippen LogP) is 3.04. The van der Waals surface area contributed by atoms with Crippen molar-refractivity contribution in [2.24, 2.45) is 17.6 Å². The highest BCUT2D eigenvalue weighted by atomic mass is 35.5. The lowest BCUT2D eigenvalue weighted by atomic mass is 9.67. The van der Waals surface area contributed by atoms with Crippen LogP contribution in [-0.2, 0) is 4.79 Å². The van der Waals surface area contributed by atoms with Crippen LogP contribution in [0.3, 0.4) is 0 Å². The zero-order valence-corrected chi connectivity index (χ0v) is 14.7. The molecule has 0 radical (unpaired) electrons. The summed E-state index contributed by atoms with van der Waals surface area (Å²) < 4.78 is 18.5. The van der Waals surface area contributed by atoms with E-state index in [4.69, 9.17) is 10.5 Å². The van der Waals surface area contributed by atoms with E-state index in [9.17, 15) is 9.18 Å². The molecule has 2 saturated carbocycles. The molecule has 1 amide bonds. The van der Waals surface area contributed by atoms with Gasteiger partial charge in [-0.25, -0.2) is 4.39 Å². The summed E-state index contributed by atoms with van der Waals surface area (Å²) in [6.07, 6.45) is 4.90. The van der Waals surface area contributed by atoms with E-state index in [1.807, 2.05) is 0 Å². The lowest BCUT2D eigenvalue weighted by molar-refractivity contribution is -0.129. The molecule has 3 unspecified atom stereocenters. The van der Waals surface area contributed by atoms with Gasteiger partial charge in [0.2, 0.25) is 0 Å². The minimum absolute atomic E-state index is 0. The molecular weight excluding hydrogens is 331 g/mol. The summed E-state index contributed by atoms with van der Waals surface area (Å²) in [5.74, 6) is 1.05. The zero-order chi connectivity index (χ0) is 16.4. The molecule has 4 nitrogen and oxygen atoms in total. The molecule has 1 aromatic carbocycles. The number of halogens is 2. The summed E-state index contributed by atoms with van der Waals surface area (Å²) in [5, 5.41) is 3.18. The van der Waals surface area contributed by atoms with Crippen LogP contribution in [0.15, 0.2) is 24.3 Å². The van der Waals surface area contributed by atoms with Crippen molar-refractivity contribution in [1.29, 1.82) is 0 Å². The Hall–Kier alpha value is -1.33. The Morgan fingerprint density at radius 2 is 1.83 bits per heavy atom. The van der Waals surface area contributed by atoms with Gasteiger partial charge in [0.05, 0.1) is 0 Å². The van der Waals surface area contributed by atoms with Crippen LogP contribution in [-0.4, -0.2) is 24.1 Å². The molecule has 134 valence electrons. The molecule has 0 saturated heterocycles. The molecule has 2 bridgehead atoms. The fourth-order valence-electron chi connectivity index (χ4n) is 4.08. The third-order valence-electron chi connectivity index (χ3n) is 5.18. The third kappa shape index (κ3) is 4.39. The Morgan fingerprint density at radius 3 is 2.42 bits per heavy atom. The number of amides is 1. The first-order valence-electron chi connectivity index (χ1n) is 8.51. The number of carbonyl (C=O) groups excluding carboxylic acids is 1. The van der Waals surface area contributed by atoms with Gasteiger partial charge in [0.25, 0.3) is 5.91 Å². The molecule has 0 heterocycles. The molecule has 2 fully saturated rings. The smallest absolute Gasteiger partial charge is 0.261 e. The topological polar surface area (TPSA) is 64.3 Å². The maximum Gasteiger partial charge on any atom is 0.261 e. The SMILES string of the molecule is CC(Oc1ccc(F)cc1)C(=O)NC1C2CCCC1CC(N)C2.Cl. The van der Waals surface area contributed by atoms with Crippen molar-refractivity contribution in [3.8, 4) is 5.75 Å². The van der Waals surface area contributed by atoms with E-state index in [0.717, 1.165) is 25.7 Å². The molecule has 3 rings (SSSR count). The normalized spacial score (nSPS) is 30.0. The van der Waals surface area contributed by atoms with Gasteiger partial charge in [-0.15, -0.1) is 12.4 Å². The molecule has 0 spiro atoms. The molecule has 24 heavy (non-hydrogen) atoms. The number of carbonyl (C=O) groups is 1.